The van der Waals surface area contributed by atoms with Crippen LogP contribution in [0.25, 0.3) is 0 Å². The summed E-state index contributed by atoms with van der Waals surface area (Å²) in [5, 5.41) is 6.70. The molecule has 0 bridgehead atoms. The molecule has 0 radical (unpaired) electrons. The first-order valence-electron chi connectivity index (χ1n) is 8.45. The fourth-order valence-corrected chi connectivity index (χ4v) is 2.39. The van der Waals surface area contributed by atoms with Crippen LogP contribution < -0.4 is 10.6 Å². The molecule has 0 aromatic carbocycles. The molecule has 0 atom stereocenters. The Labute approximate surface area is 158 Å². The molecule has 0 aromatic rings. The summed E-state index contributed by atoms with van der Waals surface area (Å²) in [6, 6.07) is 0. The molecular formula is C16H35IN4O2. The molecule has 0 saturated carbocycles. The second-order valence-corrected chi connectivity index (χ2v) is 6.23. The van der Waals surface area contributed by atoms with E-state index in [1.807, 2.05) is 0 Å². The number of nitrogens with one attached hydrogen (secondary N) is 2. The highest BCUT2D eigenvalue weighted by atomic mass is 127. The largest absolute Gasteiger partial charge is 0.380 e. The third-order valence-corrected chi connectivity index (χ3v) is 3.96. The molecule has 0 spiro atoms. The minimum Gasteiger partial charge on any atom is -0.380 e. The first kappa shape index (κ1) is 22.9. The topological polar surface area (TPSA) is 58.1 Å². The highest BCUT2D eigenvalue weighted by Gasteiger charge is 2.28. The molecule has 1 saturated heterocycles. The van der Waals surface area contributed by atoms with Crippen molar-refractivity contribution in [2.24, 2.45) is 4.99 Å². The van der Waals surface area contributed by atoms with Gasteiger partial charge in [0.2, 0.25) is 0 Å². The molecule has 0 aliphatic carbocycles. The second-order valence-electron chi connectivity index (χ2n) is 6.23. The molecular weight excluding hydrogens is 407 g/mol. The number of halogens is 1. The molecule has 1 aliphatic rings. The van der Waals surface area contributed by atoms with Gasteiger partial charge in [0.1, 0.15) is 0 Å². The number of hydrogen-bond acceptors (Lipinski definition) is 4. The molecule has 1 heterocycles. The summed E-state index contributed by atoms with van der Waals surface area (Å²) in [4.78, 5) is 6.73. The van der Waals surface area contributed by atoms with E-state index in [-0.39, 0.29) is 29.5 Å². The lowest BCUT2D eigenvalue weighted by molar-refractivity contribution is -0.00834. The van der Waals surface area contributed by atoms with Crippen LogP contribution >= 0.6 is 24.0 Å². The maximum Gasteiger partial charge on any atom is 0.191 e. The summed E-state index contributed by atoms with van der Waals surface area (Å²) in [5.74, 6) is 0.834. The molecule has 1 fully saturated rings. The van der Waals surface area contributed by atoms with E-state index in [0.29, 0.717) is 6.61 Å². The molecule has 1 aliphatic heterocycles. The van der Waals surface area contributed by atoms with E-state index in [1.54, 1.807) is 7.05 Å². The SMILES string of the molecule is CCCCOCCNC(=NC)NCC(C)(C)N1CCOCC1.I. The number of nitrogens with zero attached hydrogens (tertiary/aromatic N) is 2. The smallest absolute Gasteiger partial charge is 0.191 e. The summed E-state index contributed by atoms with van der Waals surface area (Å²) in [7, 11) is 1.80. The van der Waals surface area contributed by atoms with Crippen molar-refractivity contribution in [3.63, 3.8) is 0 Å². The first-order chi connectivity index (χ1) is 10.6. The molecule has 7 heteroatoms. The molecule has 0 aromatic heterocycles. The Kier molecular flexibility index (Phi) is 13.1. The Balaban J connectivity index is 0.00000484. The number of ether oxygens (including phenoxy) is 2. The number of morpholine rings is 1. The lowest BCUT2D eigenvalue weighted by Gasteiger charge is -2.41. The maximum absolute atomic E-state index is 5.54. The Morgan fingerprint density at radius 2 is 1.91 bits per heavy atom. The third kappa shape index (κ3) is 9.69. The van der Waals surface area contributed by atoms with Crippen molar-refractivity contribution in [3.05, 3.63) is 0 Å². The van der Waals surface area contributed by atoms with E-state index >= 15 is 0 Å². The van der Waals surface area contributed by atoms with E-state index in [1.165, 1.54) is 6.42 Å². The first-order valence-corrected chi connectivity index (χ1v) is 8.45. The Morgan fingerprint density at radius 3 is 2.52 bits per heavy atom. The zero-order valence-corrected chi connectivity index (χ0v) is 17.5. The van der Waals surface area contributed by atoms with E-state index in [2.05, 4.69) is 41.3 Å². The van der Waals surface area contributed by atoms with Gasteiger partial charge in [-0.1, -0.05) is 13.3 Å². The number of unbranched alkanes of at least 4 members (excludes halogenated alkanes) is 1. The molecule has 23 heavy (non-hydrogen) atoms. The molecule has 1 rings (SSSR count). The zero-order chi connectivity index (χ0) is 16.3. The normalized spacial score (nSPS) is 16.8. The van der Waals surface area contributed by atoms with Gasteiger partial charge in [0.15, 0.2) is 5.96 Å². The van der Waals surface area contributed by atoms with Gasteiger partial charge in [-0.05, 0) is 20.3 Å². The maximum atomic E-state index is 5.54. The predicted molar refractivity (Wildman–Crippen MR) is 107 cm³/mol. The highest BCUT2D eigenvalue weighted by molar-refractivity contribution is 14.0. The van der Waals surface area contributed by atoms with Crippen molar-refractivity contribution in [2.75, 3.05) is 59.7 Å². The minimum absolute atomic E-state index is 0. The highest BCUT2D eigenvalue weighted by Crippen LogP contribution is 2.14. The minimum atomic E-state index is 0. The van der Waals surface area contributed by atoms with Crippen LogP contribution in [0, 0.1) is 0 Å². The summed E-state index contributed by atoms with van der Waals surface area (Å²) in [6.45, 7) is 13.5. The van der Waals surface area contributed by atoms with Crippen molar-refractivity contribution < 1.29 is 9.47 Å². The van der Waals surface area contributed by atoms with Crippen molar-refractivity contribution in [3.8, 4) is 0 Å². The quantitative estimate of drug-likeness (QED) is 0.247. The average molecular weight is 442 g/mol. The van der Waals surface area contributed by atoms with Crippen molar-refractivity contribution in [1.82, 2.24) is 15.5 Å². The molecule has 0 amide bonds. The van der Waals surface area contributed by atoms with E-state index in [0.717, 1.165) is 58.4 Å². The van der Waals surface area contributed by atoms with Crippen LogP contribution in [-0.2, 0) is 9.47 Å². The molecule has 6 nitrogen and oxygen atoms in total. The summed E-state index contributed by atoms with van der Waals surface area (Å²) >= 11 is 0. The fraction of sp³-hybridized carbons (Fsp3) is 0.938. The van der Waals surface area contributed by atoms with Crippen LogP contribution in [0.1, 0.15) is 33.6 Å². The Hall–Kier alpha value is -0.120. The monoisotopic (exact) mass is 442 g/mol. The molecule has 2 N–H and O–H groups in total. The Bertz CT molecular complexity index is 321. The van der Waals surface area contributed by atoms with Crippen LogP contribution in [0.2, 0.25) is 0 Å². The average Bonchev–Trinajstić information content (AvgIpc) is 2.54. The fourth-order valence-electron chi connectivity index (χ4n) is 2.39. The van der Waals surface area contributed by atoms with Crippen molar-refractivity contribution in [1.29, 1.82) is 0 Å². The third-order valence-electron chi connectivity index (χ3n) is 3.96. The standard InChI is InChI=1S/C16H34N4O2.HI/c1-5-6-10-21-11-7-18-15(17-4)19-14-16(2,3)20-8-12-22-13-9-20;/h5-14H2,1-4H3,(H2,17,18,19);1H. The lowest BCUT2D eigenvalue weighted by atomic mass is 10.0. The van der Waals surface area contributed by atoms with Crippen LogP contribution in [0.5, 0.6) is 0 Å². The lowest BCUT2D eigenvalue weighted by Crippen LogP contribution is -2.56. The Morgan fingerprint density at radius 1 is 1.22 bits per heavy atom. The van der Waals surface area contributed by atoms with Crippen LogP contribution in [-0.4, -0.2) is 76.1 Å². The summed E-state index contributed by atoms with van der Waals surface area (Å²) in [6.07, 6.45) is 2.30. The second kappa shape index (κ2) is 13.2. The van der Waals surface area contributed by atoms with Crippen LogP contribution in [0.4, 0.5) is 0 Å². The van der Waals surface area contributed by atoms with Gasteiger partial charge in [-0.3, -0.25) is 9.89 Å². The molecule has 0 unspecified atom stereocenters. The van der Waals surface area contributed by atoms with Gasteiger partial charge >= 0.3 is 0 Å². The molecule has 138 valence electrons. The van der Waals surface area contributed by atoms with E-state index in [9.17, 15) is 0 Å². The number of guanidine groups is 1. The zero-order valence-electron chi connectivity index (χ0n) is 15.2. The van der Waals surface area contributed by atoms with Gasteiger partial charge in [0.25, 0.3) is 0 Å². The van der Waals surface area contributed by atoms with Gasteiger partial charge in [-0.25, -0.2) is 0 Å². The van der Waals surface area contributed by atoms with Gasteiger partial charge in [0, 0.05) is 45.4 Å². The van der Waals surface area contributed by atoms with Gasteiger partial charge in [0.05, 0.1) is 19.8 Å². The predicted octanol–water partition coefficient (Wildman–Crippen LogP) is 1.70. The summed E-state index contributed by atoms with van der Waals surface area (Å²) in [5.41, 5.74) is 0.0824. The van der Waals surface area contributed by atoms with E-state index < -0.39 is 0 Å². The number of hydrogen-bond donors (Lipinski definition) is 2. The van der Waals surface area contributed by atoms with E-state index in [4.69, 9.17) is 9.47 Å². The van der Waals surface area contributed by atoms with Gasteiger partial charge < -0.3 is 20.1 Å². The number of aliphatic imine (C=N–C) groups is 1. The number of rotatable bonds is 9. The van der Waals surface area contributed by atoms with Crippen LogP contribution in [0.3, 0.4) is 0 Å². The van der Waals surface area contributed by atoms with Crippen LogP contribution in [0.15, 0.2) is 4.99 Å². The van der Waals surface area contributed by atoms with Gasteiger partial charge in [-0.2, -0.15) is 0 Å². The van der Waals surface area contributed by atoms with Crippen molar-refractivity contribution >= 4 is 29.9 Å². The van der Waals surface area contributed by atoms with Crippen molar-refractivity contribution in [2.45, 2.75) is 39.2 Å². The summed E-state index contributed by atoms with van der Waals surface area (Å²) < 4.78 is 11.0. The van der Waals surface area contributed by atoms with Gasteiger partial charge in [-0.15, -0.1) is 24.0 Å².